The van der Waals surface area contributed by atoms with Gasteiger partial charge < -0.3 is 10.1 Å². The highest BCUT2D eigenvalue weighted by Crippen LogP contribution is 2.09. The van der Waals surface area contributed by atoms with E-state index in [0.29, 0.717) is 5.01 Å². The monoisotopic (exact) mass is 256 g/mol. The number of aryl methyl sites for hydroxylation is 1. The summed E-state index contributed by atoms with van der Waals surface area (Å²) in [5.41, 5.74) is 0.237. The Morgan fingerprint density at radius 3 is 2.59 bits per heavy atom. The summed E-state index contributed by atoms with van der Waals surface area (Å²) in [5.74, 6) is -0.214. The topological polar surface area (TPSA) is 68.3 Å². The number of ether oxygens (including phenoxy) is 1. The zero-order valence-corrected chi connectivity index (χ0v) is 11.2. The van der Waals surface area contributed by atoms with Gasteiger partial charge in [-0.15, -0.1) is 11.3 Å². The van der Waals surface area contributed by atoms with Gasteiger partial charge in [0, 0.05) is 11.1 Å². The van der Waals surface area contributed by atoms with Crippen LogP contribution in [0.5, 0.6) is 0 Å². The molecule has 0 unspecified atom stereocenters. The molecule has 1 aromatic rings. The number of Topliss-reactive ketones (excluding diaryl/α,β-unsaturated/α-hetero) is 1. The maximum atomic E-state index is 11.6. The molecule has 0 aliphatic heterocycles. The van der Waals surface area contributed by atoms with E-state index in [1.165, 1.54) is 11.3 Å². The Kier molecular flexibility index (Phi) is 4.22. The lowest BCUT2D eigenvalue weighted by Gasteiger charge is -2.19. The van der Waals surface area contributed by atoms with Crippen LogP contribution in [-0.2, 0) is 4.74 Å². The lowest BCUT2D eigenvalue weighted by Crippen LogP contribution is -2.35. The van der Waals surface area contributed by atoms with Gasteiger partial charge in [0.15, 0.2) is 5.01 Å². The van der Waals surface area contributed by atoms with Gasteiger partial charge >= 0.3 is 6.09 Å². The molecule has 0 bridgehead atoms. The van der Waals surface area contributed by atoms with Crippen molar-refractivity contribution in [2.45, 2.75) is 33.3 Å². The number of alkyl carbamates (subject to hydrolysis) is 1. The maximum Gasteiger partial charge on any atom is 0.408 e. The molecule has 1 aromatic heterocycles. The molecule has 1 rings (SSSR count). The Bertz CT molecular complexity index is 421. The number of hydrogen-bond donors (Lipinski definition) is 1. The predicted octanol–water partition coefficient (Wildman–Crippen LogP) is 2.16. The largest absolute Gasteiger partial charge is 0.444 e. The fraction of sp³-hybridized carbons (Fsp3) is 0.545. The average molecular weight is 256 g/mol. The van der Waals surface area contributed by atoms with Crippen LogP contribution in [0.25, 0.3) is 0 Å². The van der Waals surface area contributed by atoms with Crippen LogP contribution < -0.4 is 5.32 Å². The van der Waals surface area contributed by atoms with E-state index in [1.54, 1.807) is 26.2 Å². The van der Waals surface area contributed by atoms with E-state index in [1.807, 2.05) is 6.92 Å². The van der Waals surface area contributed by atoms with Gasteiger partial charge in [0.05, 0.1) is 6.54 Å². The molecule has 94 valence electrons. The van der Waals surface area contributed by atoms with Crippen molar-refractivity contribution in [1.29, 1.82) is 0 Å². The minimum Gasteiger partial charge on any atom is -0.444 e. The Hall–Kier alpha value is -1.43. The predicted molar refractivity (Wildman–Crippen MR) is 65.4 cm³/mol. The van der Waals surface area contributed by atoms with Crippen LogP contribution in [0.2, 0.25) is 0 Å². The van der Waals surface area contributed by atoms with Crippen LogP contribution in [0.1, 0.15) is 36.3 Å². The summed E-state index contributed by atoms with van der Waals surface area (Å²) in [6.07, 6.45) is -0.598. The minimum absolute atomic E-state index is 0.0954. The van der Waals surface area contributed by atoms with Crippen molar-refractivity contribution in [1.82, 2.24) is 10.3 Å². The highest BCUT2D eigenvalue weighted by molar-refractivity contribution is 7.11. The number of amides is 1. The molecule has 0 aliphatic rings. The van der Waals surface area contributed by atoms with Gasteiger partial charge in [-0.2, -0.15) is 0 Å². The molecule has 17 heavy (non-hydrogen) atoms. The smallest absolute Gasteiger partial charge is 0.408 e. The van der Waals surface area contributed by atoms with E-state index >= 15 is 0 Å². The molecule has 6 heteroatoms. The van der Waals surface area contributed by atoms with Crippen molar-refractivity contribution < 1.29 is 14.3 Å². The van der Waals surface area contributed by atoms with E-state index in [2.05, 4.69) is 10.3 Å². The molecule has 0 spiro atoms. The zero-order valence-electron chi connectivity index (χ0n) is 10.4. The molecule has 0 saturated heterocycles. The average Bonchev–Trinajstić information content (AvgIpc) is 2.58. The first-order chi connectivity index (χ1) is 7.78. The van der Waals surface area contributed by atoms with Crippen molar-refractivity contribution in [3.05, 3.63) is 16.1 Å². The summed E-state index contributed by atoms with van der Waals surface area (Å²) >= 11 is 1.27. The van der Waals surface area contributed by atoms with Crippen LogP contribution >= 0.6 is 11.3 Å². The Labute approximate surface area is 104 Å². The summed E-state index contributed by atoms with van der Waals surface area (Å²) in [7, 11) is 0. The molecular weight excluding hydrogens is 240 g/mol. The molecule has 5 nitrogen and oxygen atoms in total. The number of carbonyl (C=O) groups is 2. The minimum atomic E-state index is -0.598. The van der Waals surface area contributed by atoms with Crippen molar-refractivity contribution in [2.24, 2.45) is 0 Å². The molecule has 1 heterocycles. The molecule has 0 aliphatic carbocycles. The van der Waals surface area contributed by atoms with E-state index in [-0.39, 0.29) is 12.3 Å². The molecule has 0 atom stereocenters. The van der Waals surface area contributed by atoms with Crippen molar-refractivity contribution in [3.8, 4) is 0 Å². The second kappa shape index (κ2) is 5.27. The van der Waals surface area contributed by atoms with Crippen LogP contribution in [0.4, 0.5) is 4.79 Å². The van der Waals surface area contributed by atoms with Gasteiger partial charge in [-0.3, -0.25) is 4.79 Å². The van der Waals surface area contributed by atoms with Gasteiger partial charge in [-0.05, 0) is 27.7 Å². The lowest BCUT2D eigenvalue weighted by molar-refractivity contribution is 0.0520. The van der Waals surface area contributed by atoms with E-state index in [9.17, 15) is 9.59 Å². The number of nitrogens with zero attached hydrogens (tertiary/aromatic N) is 1. The second-order valence-corrected chi connectivity index (χ2v) is 5.43. The highest BCUT2D eigenvalue weighted by atomic mass is 32.1. The van der Waals surface area contributed by atoms with E-state index in [0.717, 1.165) is 5.69 Å². The standard InChI is InChI=1S/C11H16N2O3S/c1-7-6-17-9(13-7)8(14)5-12-10(15)16-11(2,3)4/h6H,5H2,1-4H3,(H,12,15). The molecular formula is C11H16N2O3S. The number of nitrogens with one attached hydrogen (secondary N) is 1. The Balaban J connectivity index is 2.41. The number of aromatic nitrogens is 1. The van der Waals surface area contributed by atoms with Crippen LogP contribution in [0.3, 0.4) is 0 Å². The molecule has 0 aromatic carbocycles. The Morgan fingerprint density at radius 2 is 2.12 bits per heavy atom. The normalized spacial score (nSPS) is 11.1. The fourth-order valence-corrected chi connectivity index (χ4v) is 1.76. The zero-order chi connectivity index (χ0) is 13.1. The number of carbonyl (C=O) groups excluding carboxylic acids is 2. The summed E-state index contributed by atoms with van der Waals surface area (Å²) in [5, 5.41) is 4.60. The van der Waals surface area contributed by atoms with Gasteiger partial charge in [-0.1, -0.05) is 0 Å². The van der Waals surface area contributed by atoms with Crippen molar-refractivity contribution in [3.63, 3.8) is 0 Å². The Morgan fingerprint density at radius 1 is 1.47 bits per heavy atom. The molecule has 1 amide bonds. The molecule has 1 N–H and O–H groups in total. The number of rotatable bonds is 3. The third kappa shape index (κ3) is 4.95. The first-order valence-corrected chi connectivity index (χ1v) is 6.08. The van der Waals surface area contributed by atoms with Gasteiger partial charge in [0.2, 0.25) is 5.78 Å². The first-order valence-electron chi connectivity index (χ1n) is 5.20. The second-order valence-electron chi connectivity index (χ2n) is 4.57. The molecule has 0 radical (unpaired) electrons. The molecule has 0 saturated carbocycles. The third-order valence-corrected chi connectivity index (χ3v) is 2.65. The summed E-state index contributed by atoms with van der Waals surface area (Å²) in [4.78, 5) is 26.9. The highest BCUT2D eigenvalue weighted by Gasteiger charge is 2.17. The quantitative estimate of drug-likeness (QED) is 0.841. The number of thiazole rings is 1. The van der Waals surface area contributed by atoms with Crippen LogP contribution in [0.15, 0.2) is 5.38 Å². The summed E-state index contributed by atoms with van der Waals surface area (Å²) < 4.78 is 5.01. The number of ketones is 1. The fourth-order valence-electron chi connectivity index (χ4n) is 1.02. The summed E-state index contributed by atoms with van der Waals surface area (Å²) in [6, 6.07) is 0. The van der Waals surface area contributed by atoms with Gasteiger partial charge in [-0.25, -0.2) is 9.78 Å². The maximum absolute atomic E-state index is 11.6. The van der Waals surface area contributed by atoms with E-state index < -0.39 is 11.7 Å². The first kappa shape index (κ1) is 13.6. The van der Waals surface area contributed by atoms with Gasteiger partial charge in [0.25, 0.3) is 0 Å². The molecule has 0 fully saturated rings. The number of hydrogen-bond acceptors (Lipinski definition) is 5. The van der Waals surface area contributed by atoms with E-state index in [4.69, 9.17) is 4.74 Å². The third-order valence-electron chi connectivity index (χ3n) is 1.65. The van der Waals surface area contributed by atoms with Crippen molar-refractivity contribution in [2.75, 3.05) is 6.54 Å². The SMILES string of the molecule is Cc1csc(C(=O)CNC(=O)OC(C)(C)C)n1. The van der Waals surface area contributed by atoms with Gasteiger partial charge in [0.1, 0.15) is 5.60 Å². The lowest BCUT2D eigenvalue weighted by atomic mass is 10.2. The summed E-state index contributed by atoms with van der Waals surface area (Å²) in [6.45, 7) is 7.01. The van der Waals surface area contributed by atoms with Crippen LogP contribution in [-0.4, -0.2) is 29.0 Å². The van der Waals surface area contributed by atoms with Crippen LogP contribution in [0, 0.1) is 6.92 Å². The van der Waals surface area contributed by atoms with Crippen molar-refractivity contribution >= 4 is 23.2 Å².